The molecular formula is C18H19N7O2. The number of rotatable bonds is 6. The van der Waals surface area contributed by atoms with Crippen LogP contribution in [0, 0.1) is 6.92 Å². The van der Waals surface area contributed by atoms with Gasteiger partial charge in [0.05, 0.1) is 31.4 Å². The molecule has 9 nitrogen and oxygen atoms in total. The maximum atomic E-state index is 5.86. The van der Waals surface area contributed by atoms with Crippen LogP contribution in [0.5, 0.6) is 5.75 Å². The summed E-state index contributed by atoms with van der Waals surface area (Å²) in [6.45, 7) is 2.86. The smallest absolute Gasteiger partial charge is 0.222 e. The second kappa shape index (κ2) is 6.94. The van der Waals surface area contributed by atoms with Crippen LogP contribution in [0.3, 0.4) is 0 Å². The maximum Gasteiger partial charge on any atom is 0.222 e. The summed E-state index contributed by atoms with van der Waals surface area (Å²) >= 11 is 0. The molecule has 0 saturated heterocycles. The van der Waals surface area contributed by atoms with Crippen molar-refractivity contribution in [1.82, 2.24) is 24.7 Å². The fourth-order valence-electron chi connectivity index (χ4n) is 2.90. The average Bonchev–Trinajstić information content (AvgIpc) is 3.26. The van der Waals surface area contributed by atoms with Crippen molar-refractivity contribution in [3.05, 3.63) is 53.8 Å². The number of fused-ring (bicyclic) bond motifs is 1. The molecule has 0 aliphatic carbocycles. The number of hydrogen-bond donors (Lipinski definition) is 2. The number of nitrogens with two attached hydrogens (primary N) is 1. The summed E-state index contributed by atoms with van der Waals surface area (Å²) in [6.07, 6.45) is 3.66. The number of methoxy groups -OCH3 is 1. The van der Waals surface area contributed by atoms with E-state index in [2.05, 4.69) is 25.4 Å². The summed E-state index contributed by atoms with van der Waals surface area (Å²) in [4.78, 5) is 13.1. The molecule has 0 aliphatic rings. The monoisotopic (exact) mass is 365 g/mol. The van der Waals surface area contributed by atoms with E-state index in [4.69, 9.17) is 15.0 Å². The molecule has 0 saturated carbocycles. The Kier molecular flexibility index (Phi) is 4.33. The molecule has 3 N–H and O–H groups in total. The maximum absolute atomic E-state index is 5.86. The van der Waals surface area contributed by atoms with Gasteiger partial charge in [0, 0.05) is 24.5 Å². The molecule has 138 valence electrons. The molecule has 9 heteroatoms. The lowest BCUT2D eigenvalue weighted by Gasteiger charge is -2.11. The molecule has 4 aromatic heterocycles. The van der Waals surface area contributed by atoms with Gasteiger partial charge in [-0.25, -0.2) is 4.98 Å². The predicted octanol–water partition coefficient (Wildman–Crippen LogP) is 2.37. The van der Waals surface area contributed by atoms with Crippen LogP contribution in [0.25, 0.3) is 11.0 Å². The van der Waals surface area contributed by atoms with Gasteiger partial charge in [0.2, 0.25) is 5.95 Å². The molecule has 0 aromatic carbocycles. The zero-order valence-corrected chi connectivity index (χ0v) is 15.0. The Morgan fingerprint density at radius 2 is 2.11 bits per heavy atom. The fourth-order valence-corrected chi connectivity index (χ4v) is 2.90. The molecule has 0 aliphatic heterocycles. The van der Waals surface area contributed by atoms with Crippen LogP contribution in [0.15, 0.2) is 41.2 Å². The Balaban J connectivity index is 1.67. The highest BCUT2D eigenvalue weighted by atomic mass is 16.5. The fraction of sp³-hybridized carbons (Fsp3) is 0.222. The Morgan fingerprint density at radius 1 is 1.22 bits per heavy atom. The Morgan fingerprint density at radius 3 is 2.89 bits per heavy atom. The molecule has 0 bridgehead atoms. The highest BCUT2D eigenvalue weighted by Crippen LogP contribution is 2.24. The predicted molar refractivity (Wildman–Crippen MR) is 100 cm³/mol. The summed E-state index contributed by atoms with van der Waals surface area (Å²) in [5, 5.41) is 7.26. The van der Waals surface area contributed by atoms with Crippen molar-refractivity contribution >= 4 is 22.8 Å². The number of anilines is 2. The molecule has 4 rings (SSSR count). The van der Waals surface area contributed by atoms with Crippen LogP contribution in [0.4, 0.5) is 11.8 Å². The highest BCUT2D eigenvalue weighted by molar-refractivity contribution is 5.87. The summed E-state index contributed by atoms with van der Waals surface area (Å²) in [5.74, 6) is 2.35. The lowest BCUT2D eigenvalue weighted by Crippen LogP contribution is -2.08. The lowest BCUT2D eigenvalue weighted by atomic mass is 10.3. The molecule has 0 fully saturated rings. The third kappa shape index (κ3) is 3.52. The first-order chi connectivity index (χ1) is 13.1. The van der Waals surface area contributed by atoms with E-state index in [9.17, 15) is 0 Å². The van der Waals surface area contributed by atoms with Gasteiger partial charge in [-0.3, -0.25) is 4.98 Å². The SMILES string of the molecule is COc1ccnc(Cn2ccc3nc(N)nc(NCc4cc(C)on4)c32)c1. The largest absolute Gasteiger partial charge is 0.497 e. The number of ether oxygens (including phenoxy) is 1. The molecule has 4 aromatic rings. The van der Waals surface area contributed by atoms with E-state index in [1.165, 1.54) is 0 Å². The number of nitrogens with zero attached hydrogens (tertiary/aromatic N) is 5. The number of hydrogen-bond acceptors (Lipinski definition) is 8. The van der Waals surface area contributed by atoms with E-state index >= 15 is 0 Å². The summed E-state index contributed by atoms with van der Waals surface area (Å²) in [5.41, 5.74) is 9.10. The molecule has 4 heterocycles. The van der Waals surface area contributed by atoms with Crippen molar-refractivity contribution < 1.29 is 9.26 Å². The average molecular weight is 365 g/mol. The minimum atomic E-state index is 0.207. The molecule has 0 amide bonds. The molecule has 0 atom stereocenters. The third-order valence-electron chi connectivity index (χ3n) is 4.10. The molecule has 0 radical (unpaired) electrons. The Labute approximate surface area is 155 Å². The van der Waals surface area contributed by atoms with Crippen molar-refractivity contribution in [3.63, 3.8) is 0 Å². The first kappa shape index (κ1) is 16.8. The van der Waals surface area contributed by atoms with Crippen molar-refractivity contribution in [2.24, 2.45) is 0 Å². The van der Waals surface area contributed by atoms with Crippen LogP contribution in [0.1, 0.15) is 17.1 Å². The minimum Gasteiger partial charge on any atom is -0.497 e. The van der Waals surface area contributed by atoms with Crippen molar-refractivity contribution in [2.75, 3.05) is 18.2 Å². The van der Waals surface area contributed by atoms with E-state index in [1.54, 1.807) is 13.3 Å². The number of aryl methyl sites for hydroxylation is 1. The Hall–Kier alpha value is -3.62. The highest BCUT2D eigenvalue weighted by Gasteiger charge is 2.13. The standard InChI is InChI=1S/C18H19N7O2/c1-11-7-12(24-27-11)9-21-17-16-15(22-18(19)23-17)4-6-25(16)10-13-8-14(26-2)3-5-20-13/h3-8H,9-10H2,1-2H3,(H3,19,21,22,23). The first-order valence-electron chi connectivity index (χ1n) is 8.39. The van der Waals surface area contributed by atoms with Gasteiger partial charge in [-0.05, 0) is 19.1 Å². The molecule has 27 heavy (non-hydrogen) atoms. The lowest BCUT2D eigenvalue weighted by molar-refractivity contribution is 0.391. The van der Waals surface area contributed by atoms with Crippen LogP contribution < -0.4 is 15.8 Å². The number of pyridine rings is 1. The van der Waals surface area contributed by atoms with Crippen LogP contribution >= 0.6 is 0 Å². The third-order valence-corrected chi connectivity index (χ3v) is 4.10. The number of nitrogens with one attached hydrogen (secondary N) is 1. The normalized spacial score (nSPS) is 11.0. The zero-order chi connectivity index (χ0) is 18.8. The van der Waals surface area contributed by atoms with E-state index in [0.29, 0.717) is 18.9 Å². The van der Waals surface area contributed by atoms with E-state index in [1.807, 2.05) is 42.0 Å². The van der Waals surface area contributed by atoms with Crippen LogP contribution in [0.2, 0.25) is 0 Å². The molecule has 0 unspecified atom stereocenters. The first-order valence-corrected chi connectivity index (χ1v) is 8.39. The Bertz CT molecular complexity index is 1090. The number of nitrogen functional groups attached to an aromatic ring is 1. The quantitative estimate of drug-likeness (QED) is 0.535. The summed E-state index contributed by atoms with van der Waals surface area (Å²) < 4.78 is 12.4. The topological polar surface area (TPSA) is 117 Å². The van der Waals surface area contributed by atoms with Gasteiger partial charge in [0.1, 0.15) is 22.7 Å². The van der Waals surface area contributed by atoms with Gasteiger partial charge in [0.25, 0.3) is 0 Å². The van der Waals surface area contributed by atoms with Gasteiger partial charge in [-0.15, -0.1) is 0 Å². The molecule has 0 spiro atoms. The van der Waals surface area contributed by atoms with Crippen molar-refractivity contribution in [1.29, 1.82) is 0 Å². The molecular weight excluding hydrogens is 346 g/mol. The second-order valence-corrected chi connectivity index (χ2v) is 6.08. The van der Waals surface area contributed by atoms with Crippen LogP contribution in [-0.4, -0.2) is 31.8 Å². The van der Waals surface area contributed by atoms with Gasteiger partial charge < -0.3 is 24.9 Å². The summed E-state index contributed by atoms with van der Waals surface area (Å²) in [7, 11) is 1.63. The van der Waals surface area contributed by atoms with E-state index < -0.39 is 0 Å². The van der Waals surface area contributed by atoms with E-state index in [-0.39, 0.29) is 5.95 Å². The number of aromatic nitrogens is 5. The summed E-state index contributed by atoms with van der Waals surface area (Å²) in [6, 6.07) is 7.48. The zero-order valence-electron chi connectivity index (χ0n) is 15.0. The van der Waals surface area contributed by atoms with Crippen molar-refractivity contribution in [2.45, 2.75) is 20.0 Å². The second-order valence-electron chi connectivity index (χ2n) is 6.08. The minimum absolute atomic E-state index is 0.207. The van der Waals surface area contributed by atoms with Gasteiger partial charge in [-0.2, -0.15) is 4.98 Å². The van der Waals surface area contributed by atoms with Gasteiger partial charge in [-0.1, -0.05) is 5.16 Å². The van der Waals surface area contributed by atoms with Gasteiger partial charge in [0.15, 0.2) is 5.82 Å². The van der Waals surface area contributed by atoms with Crippen molar-refractivity contribution in [3.8, 4) is 5.75 Å². The van der Waals surface area contributed by atoms with Gasteiger partial charge >= 0.3 is 0 Å². The van der Waals surface area contributed by atoms with Crippen LogP contribution in [-0.2, 0) is 13.1 Å². The van der Waals surface area contributed by atoms with E-state index in [0.717, 1.165) is 33.9 Å².